The summed E-state index contributed by atoms with van der Waals surface area (Å²) >= 11 is 0. The van der Waals surface area contributed by atoms with Crippen molar-refractivity contribution in [2.75, 3.05) is 36.5 Å². The van der Waals surface area contributed by atoms with Crippen LogP contribution in [0.5, 0.6) is 0 Å². The molecule has 4 rings (SSSR count). The van der Waals surface area contributed by atoms with E-state index in [0.717, 1.165) is 54.6 Å². The maximum atomic E-state index is 5.56. The largest absolute Gasteiger partial charge is 0.378 e. The van der Waals surface area contributed by atoms with E-state index >= 15 is 0 Å². The van der Waals surface area contributed by atoms with E-state index in [9.17, 15) is 0 Å². The molecule has 2 aromatic heterocycles. The maximum absolute atomic E-state index is 5.56. The quantitative estimate of drug-likeness (QED) is 0.305. The highest BCUT2D eigenvalue weighted by atomic mass is 16.5. The van der Waals surface area contributed by atoms with Crippen molar-refractivity contribution in [3.8, 4) is 0 Å². The lowest BCUT2D eigenvalue weighted by atomic mass is 10.2. The third-order valence-electron chi connectivity index (χ3n) is 5.13. The average molecular weight is 436 g/mol. The molecule has 0 atom stereocenters. The van der Waals surface area contributed by atoms with Crippen LogP contribution in [-0.4, -0.2) is 40.7 Å². The fraction of sp³-hybridized carbons (Fsp3) is 0.333. The van der Waals surface area contributed by atoms with Crippen LogP contribution in [0.1, 0.15) is 33.4 Å². The first-order valence-electron chi connectivity index (χ1n) is 11.0. The number of nitrogens with two attached hydrogens (primary N) is 1. The number of hydrogen-bond acceptors (Lipinski definition) is 7. The monoisotopic (exact) mass is 435 g/mol. The van der Waals surface area contributed by atoms with Crippen LogP contribution in [0.3, 0.4) is 0 Å². The van der Waals surface area contributed by atoms with Crippen molar-refractivity contribution >= 4 is 28.4 Å². The molecule has 3 aromatic rings. The molecule has 1 aliphatic heterocycles. The van der Waals surface area contributed by atoms with Crippen molar-refractivity contribution < 1.29 is 4.74 Å². The molecule has 8 nitrogen and oxygen atoms in total. The minimum Gasteiger partial charge on any atom is -0.378 e. The average Bonchev–Trinajstić information content (AvgIpc) is 3.34. The summed E-state index contributed by atoms with van der Waals surface area (Å²) in [6.45, 7) is 11.3. The first kappa shape index (κ1) is 23.3. The van der Waals surface area contributed by atoms with E-state index in [0.29, 0.717) is 5.82 Å². The molecule has 0 spiro atoms. The van der Waals surface area contributed by atoms with Gasteiger partial charge in [-0.15, -0.1) is 0 Å². The Morgan fingerprint density at radius 2 is 1.88 bits per heavy atom. The molecule has 1 fully saturated rings. The van der Waals surface area contributed by atoms with E-state index in [-0.39, 0.29) is 0 Å². The number of hydrogen-bond donors (Lipinski definition) is 3. The van der Waals surface area contributed by atoms with Crippen molar-refractivity contribution in [2.45, 2.75) is 27.7 Å². The van der Waals surface area contributed by atoms with Gasteiger partial charge in [-0.1, -0.05) is 19.9 Å². The number of fused-ring (bicyclic) bond motifs is 1. The highest BCUT2D eigenvalue weighted by Gasteiger charge is 2.12. The topological polar surface area (TPSA) is 92.7 Å². The molecular formula is C24H33N7O. The van der Waals surface area contributed by atoms with Gasteiger partial charge in [0.15, 0.2) is 11.5 Å². The van der Waals surface area contributed by atoms with Gasteiger partial charge in [0.2, 0.25) is 0 Å². The van der Waals surface area contributed by atoms with Gasteiger partial charge in [0.1, 0.15) is 0 Å². The number of allylic oxidation sites excluding steroid dienone is 3. The fourth-order valence-corrected chi connectivity index (χ4v) is 3.43. The number of benzene rings is 1. The summed E-state index contributed by atoms with van der Waals surface area (Å²) in [7, 11) is 0. The molecule has 4 N–H and O–H groups in total. The van der Waals surface area contributed by atoms with E-state index in [4.69, 9.17) is 15.6 Å². The first-order chi connectivity index (χ1) is 15.7. The number of ether oxygens (including phenoxy) is 1. The predicted octanol–water partition coefficient (Wildman–Crippen LogP) is 4.11. The zero-order valence-electron chi connectivity index (χ0n) is 19.3. The SMILES string of the molecule is C/C=C(/C=C(\C)c1cn2ccnc2c(Nc2ccc(N3CCOCC3)cc2)n1)NN.CC. The van der Waals surface area contributed by atoms with Gasteiger partial charge < -0.3 is 24.8 Å². The predicted molar refractivity (Wildman–Crippen MR) is 132 cm³/mol. The molecule has 0 radical (unpaired) electrons. The lowest BCUT2D eigenvalue weighted by Gasteiger charge is -2.28. The summed E-state index contributed by atoms with van der Waals surface area (Å²) in [5.41, 5.74) is 8.26. The summed E-state index contributed by atoms with van der Waals surface area (Å²) in [4.78, 5) is 11.6. The van der Waals surface area contributed by atoms with Crippen molar-refractivity contribution in [3.63, 3.8) is 0 Å². The lowest BCUT2D eigenvalue weighted by molar-refractivity contribution is 0.122. The Morgan fingerprint density at radius 3 is 2.53 bits per heavy atom. The zero-order valence-corrected chi connectivity index (χ0v) is 19.3. The Kier molecular flexibility index (Phi) is 8.24. The first-order valence-corrected chi connectivity index (χ1v) is 11.0. The van der Waals surface area contributed by atoms with Gasteiger partial charge in [0.05, 0.1) is 18.9 Å². The van der Waals surface area contributed by atoms with Crippen molar-refractivity contribution in [3.05, 3.63) is 66.4 Å². The third kappa shape index (κ3) is 5.46. The van der Waals surface area contributed by atoms with Crippen LogP contribution in [0.4, 0.5) is 17.2 Å². The molecule has 32 heavy (non-hydrogen) atoms. The highest BCUT2D eigenvalue weighted by Crippen LogP contribution is 2.25. The van der Waals surface area contributed by atoms with E-state index in [1.807, 2.05) is 56.6 Å². The van der Waals surface area contributed by atoms with Gasteiger partial charge >= 0.3 is 0 Å². The summed E-state index contributed by atoms with van der Waals surface area (Å²) in [6, 6.07) is 8.38. The number of nitrogens with one attached hydrogen (secondary N) is 2. The molecule has 0 unspecified atom stereocenters. The molecule has 0 aliphatic carbocycles. The number of nitrogens with zero attached hydrogens (tertiary/aromatic N) is 4. The van der Waals surface area contributed by atoms with Crippen LogP contribution < -0.4 is 21.5 Å². The fourth-order valence-electron chi connectivity index (χ4n) is 3.43. The highest BCUT2D eigenvalue weighted by molar-refractivity contribution is 5.74. The standard InChI is InChI=1S/C22H27N7O.C2H6/c1-3-17(27-23)14-16(2)20-15-29-9-8-24-22(29)21(26-20)25-18-4-6-19(7-5-18)28-10-12-30-13-11-28;1-2/h3-9,14-15,27H,10-13,23H2,1-2H3,(H,25,26);1-2H3/b16-14+,17-3-;. The number of hydrazine groups is 1. The van der Waals surface area contributed by atoms with Gasteiger partial charge in [-0.3, -0.25) is 5.84 Å². The minimum atomic E-state index is 0.701. The maximum Gasteiger partial charge on any atom is 0.180 e. The van der Waals surface area contributed by atoms with Crippen LogP contribution in [0.2, 0.25) is 0 Å². The van der Waals surface area contributed by atoms with Crippen LogP contribution in [-0.2, 0) is 4.74 Å². The smallest absolute Gasteiger partial charge is 0.180 e. The Bertz CT molecular complexity index is 1060. The van der Waals surface area contributed by atoms with Crippen molar-refractivity contribution in [2.24, 2.45) is 5.84 Å². The molecule has 8 heteroatoms. The lowest BCUT2D eigenvalue weighted by Crippen LogP contribution is -2.36. The van der Waals surface area contributed by atoms with Crippen LogP contribution in [0.25, 0.3) is 11.2 Å². The molecule has 170 valence electrons. The van der Waals surface area contributed by atoms with E-state index in [1.54, 1.807) is 6.20 Å². The Morgan fingerprint density at radius 1 is 1.16 bits per heavy atom. The Hall–Kier alpha value is -3.36. The summed E-state index contributed by atoms with van der Waals surface area (Å²) < 4.78 is 7.40. The molecule has 0 bridgehead atoms. The van der Waals surface area contributed by atoms with Gasteiger partial charge in [-0.2, -0.15) is 0 Å². The van der Waals surface area contributed by atoms with Gasteiger partial charge in [0.25, 0.3) is 0 Å². The van der Waals surface area contributed by atoms with Crippen LogP contribution in [0, 0.1) is 0 Å². The second kappa shape index (κ2) is 11.3. The molecule has 0 amide bonds. The van der Waals surface area contributed by atoms with Crippen molar-refractivity contribution in [1.82, 2.24) is 19.8 Å². The molecule has 1 aromatic carbocycles. The summed E-state index contributed by atoms with van der Waals surface area (Å²) in [5, 5.41) is 3.42. The number of anilines is 3. The van der Waals surface area contributed by atoms with Crippen molar-refractivity contribution in [1.29, 1.82) is 0 Å². The number of imidazole rings is 1. The van der Waals surface area contributed by atoms with Crippen LogP contribution >= 0.6 is 0 Å². The molecular weight excluding hydrogens is 402 g/mol. The minimum absolute atomic E-state index is 0.701. The van der Waals surface area contributed by atoms with E-state index in [2.05, 4.69) is 44.9 Å². The van der Waals surface area contributed by atoms with E-state index in [1.165, 1.54) is 5.69 Å². The Labute approximate surface area is 189 Å². The molecule has 1 aliphatic rings. The molecule has 3 heterocycles. The third-order valence-corrected chi connectivity index (χ3v) is 5.13. The van der Waals surface area contributed by atoms with Gasteiger partial charge in [0, 0.05) is 48.8 Å². The second-order valence-corrected chi connectivity index (χ2v) is 7.12. The number of aromatic nitrogens is 3. The Balaban J connectivity index is 0.00000141. The number of morpholine rings is 1. The van der Waals surface area contributed by atoms with Gasteiger partial charge in [-0.05, 0) is 49.8 Å². The summed E-state index contributed by atoms with van der Waals surface area (Å²) in [6.07, 6.45) is 9.52. The number of rotatable bonds is 6. The molecule has 0 saturated carbocycles. The second-order valence-electron chi connectivity index (χ2n) is 7.12. The normalized spacial score (nSPS) is 14.7. The van der Waals surface area contributed by atoms with Crippen LogP contribution in [0.15, 0.2) is 60.7 Å². The zero-order chi connectivity index (χ0) is 22.9. The molecule has 1 saturated heterocycles. The summed E-state index contributed by atoms with van der Waals surface area (Å²) in [5.74, 6) is 6.26. The van der Waals surface area contributed by atoms with Gasteiger partial charge in [-0.25, -0.2) is 9.97 Å². The van der Waals surface area contributed by atoms with E-state index < -0.39 is 0 Å².